The van der Waals surface area contributed by atoms with Crippen LogP contribution in [-0.2, 0) is 11.2 Å². The molecule has 2 N–H and O–H groups in total. The molecule has 0 radical (unpaired) electrons. The van der Waals surface area contributed by atoms with Crippen molar-refractivity contribution in [3.63, 3.8) is 0 Å². The second-order valence-electron chi connectivity index (χ2n) is 7.48. The number of hydrogen-bond acceptors (Lipinski definition) is 5. The summed E-state index contributed by atoms with van der Waals surface area (Å²) in [4.78, 5) is 7.04. The first-order valence-electron chi connectivity index (χ1n) is 9.89. The van der Waals surface area contributed by atoms with Gasteiger partial charge in [0.25, 0.3) is 0 Å². The average molecular weight is 391 g/mol. The third-order valence-electron chi connectivity index (χ3n) is 5.78. The lowest BCUT2D eigenvalue weighted by Crippen LogP contribution is -2.60. The molecule has 2 atom stereocenters. The summed E-state index contributed by atoms with van der Waals surface area (Å²) < 4.78 is 11.6. The van der Waals surface area contributed by atoms with Gasteiger partial charge in [-0.15, -0.1) is 0 Å². The first-order chi connectivity index (χ1) is 13.3. The number of rotatable bonds is 5. The maximum atomic E-state index is 6.02. The van der Waals surface area contributed by atoms with Crippen molar-refractivity contribution in [1.82, 2.24) is 15.5 Å². The SMILES string of the molecule is CN=C(NCC1Cc2ccccc2O1)NCC1(N2CCOCC2)CCSC1. The minimum Gasteiger partial charge on any atom is -0.488 e. The van der Waals surface area contributed by atoms with E-state index in [1.165, 1.54) is 23.5 Å². The normalized spacial score (nSPS) is 28.6. The zero-order chi connectivity index (χ0) is 18.5. The van der Waals surface area contributed by atoms with E-state index in [4.69, 9.17) is 9.47 Å². The molecule has 6 nitrogen and oxygen atoms in total. The molecular formula is C20H30N4O2S. The van der Waals surface area contributed by atoms with Gasteiger partial charge < -0.3 is 20.1 Å². The number of benzene rings is 1. The quantitative estimate of drug-likeness (QED) is 0.585. The Morgan fingerprint density at radius 3 is 2.89 bits per heavy atom. The van der Waals surface area contributed by atoms with E-state index in [0.29, 0.717) is 0 Å². The van der Waals surface area contributed by atoms with Gasteiger partial charge >= 0.3 is 0 Å². The largest absolute Gasteiger partial charge is 0.488 e. The summed E-state index contributed by atoms with van der Waals surface area (Å²) in [6.45, 7) is 5.43. The molecule has 3 aliphatic rings. The molecule has 0 aromatic heterocycles. The van der Waals surface area contributed by atoms with Gasteiger partial charge in [0.15, 0.2) is 5.96 Å². The van der Waals surface area contributed by atoms with E-state index < -0.39 is 0 Å². The second-order valence-corrected chi connectivity index (χ2v) is 8.59. The van der Waals surface area contributed by atoms with Crippen molar-refractivity contribution in [2.45, 2.75) is 24.5 Å². The van der Waals surface area contributed by atoms with Crippen molar-refractivity contribution in [3.8, 4) is 5.75 Å². The number of fused-ring (bicyclic) bond motifs is 1. The molecule has 148 valence electrons. The van der Waals surface area contributed by atoms with Gasteiger partial charge in [0.05, 0.1) is 19.8 Å². The first kappa shape index (κ1) is 18.9. The molecule has 1 aromatic carbocycles. The molecule has 2 unspecified atom stereocenters. The smallest absolute Gasteiger partial charge is 0.191 e. The fourth-order valence-electron chi connectivity index (χ4n) is 4.18. The minimum atomic E-state index is 0.163. The fourth-order valence-corrected chi connectivity index (χ4v) is 5.66. The van der Waals surface area contributed by atoms with Crippen LogP contribution in [0.15, 0.2) is 29.3 Å². The van der Waals surface area contributed by atoms with Crippen molar-refractivity contribution >= 4 is 17.7 Å². The summed E-state index contributed by atoms with van der Waals surface area (Å²) in [7, 11) is 1.84. The third kappa shape index (κ3) is 4.36. The molecule has 7 heteroatoms. The van der Waals surface area contributed by atoms with Crippen molar-refractivity contribution in [1.29, 1.82) is 0 Å². The number of para-hydroxylation sites is 1. The molecule has 3 aliphatic heterocycles. The minimum absolute atomic E-state index is 0.163. The molecular weight excluding hydrogens is 360 g/mol. The summed E-state index contributed by atoms with van der Waals surface area (Å²) >= 11 is 2.06. The molecule has 27 heavy (non-hydrogen) atoms. The number of hydrogen-bond donors (Lipinski definition) is 2. The maximum Gasteiger partial charge on any atom is 0.191 e. The van der Waals surface area contributed by atoms with E-state index in [1.54, 1.807) is 0 Å². The monoisotopic (exact) mass is 390 g/mol. The standard InChI is InChI=1S/C20H30N4O2S/c1-21-19(22-13-17-12-16-4-2-3-5-18(16)26-17)23-14-20(6-11-27-15-20)24-7-9-25-10-8-24/h2-5,17H,6-15H2,1H3,(H2,21,22,23). The highest BCUT2D eigenvalue weighted by Gasteiger charge is 2.40. The van der Waals surface area contributed by atoms with Gasteiger partial charge in [-0.3, -0.25) is 9.89 Å². The molecule has 0 bridgehead atoms. The Morgan fingerprint density at radius 1 is 1.30 bits per heavy atom. The Balaban J connectivity index is 1.29. The molecule has 3 heterocycles. The number of guanidine groups is 1. The Labute approximate surface area is 166 Å². The highest BCUT2D eigenvalue weighted by atomic mass is 32.2. The van der Waals surface area contributed by atoms with E-state index in [9.17, 15) is 0 Å². The van der Waals surface area contributed by atoms with Gasteiger partial charge in [0.2, 0.25) is 0 Å². The van der Waals surface area contributed by atoms with Crippen LogP contribution in [-0.4, -0.2) is 80.4 Å². The van der Waals surface area contributed by atoms with Crippen LogP contribution in [0.3, 0.4) is 0 Å². The average Bonchev–Trinajstić information content (AvgIpc) is 3.36. The predicted octanol–water partition coefficient (Wildman–Crippen LogP) is 1.36. The third-order valence-corrected chi connectivity index (χ3v) is 7.02. The number of thioether (sulfide) groups is 1. The van der Waals surface area contributed by atoms with Gasteiger partial charge in [0, 0.05) is 44.4 Å². The van der Waals surface area contributed by atoms with Gasteiger partial charge in [0.1, 0.15) is 11.9 Å². The molecule has 0 spiro atoms. The Hall–Kier alpha value is -1.44. The van der Waals surface area contributed by atoms with Gasteiger partial charge in [-0.25, -0.2) is 0 Å². The number of morpholine rings is 1. The van der Waals surface area contributed by atoms with Gasteiger partial charge in [-0.1, -0.05) is 18.2 Å². The fraction of sp³-hybridized carbons (Fsp3) is 0.650. The number of ether oxygens (including phenoxy) is 2. The lowest BCUT2D eigenvalue weighted by Gasteiger charge is -2.43. The Kier molecular flexibility index (Phi) is 6.10. The highest BCUT2D eigenvalue weighted by molar-refractivity contribution is 7.99. The summed E-state index contributed by atoms with van der Waals surface area (Å²) in [6.07, 6.45) is 2.34. The van der Waals surface area contributed by atoms with Crippen molar-refractivity contribution in [2.75, 3.05) is 57.9 Å². The van der Waals surface area contributed by atoms with Crippen LogP contribution >= 0.6 is 11.8 Å². The van der Waals surface area contributed by atoms with Crippen LogP contribution in [0, 0.1) is 0 Å². The molecule has 1 aromatic rings. The number of aliphatic imine (C=N–C) groups is 1. The van der Waals surface area contributed by atoms with Crippen LogP contribution in [0.1, 0.15) is 12.0 Å². The highest BCUT2D eigenvalue weighted by Crippen LogP contribution is 2.33. The summed E-state index contributed by atoms with van der Waals surface area (Å²) in [5.74, 6) is 4.29. The lowest BCUT2D eigenvalue weighted by molar-refractivity contribution is -0.0120. The Morgan fingerprint density at radius 2 is 2.15 bits per heavy atom. The van der Waals surface area contributed by atoms with Gasteiger partial charge in [-0.05, 0) is 23.8 Å². The topological polar surface area (TPSA) is 58.1 Å². The number of nitrogens with one attached hydrogen (secondary N) is 2. The summed E-state index contributed by atoms with van der Waals surface area (Å²) in [5.41, 5.74) is 1.51. The zero-order valence-corrected chi connectivity index (χ0v) is 16.9. The number of nitrogens with zero attached hydrogens (tertiary/aromatic N) is 2. The van der Waals surface area contributed by atoms with Gasteiger partial charge in [-0.2, -0.15) is 11.8 Å². The first-order valence-corrected chi connectivity index (χ1v) is 11.0. The van der Waals surface area contributed by atoms with Crippen LogP contribution in [0.5, 0.6) is 5.75 Å². The molecule has 2 fully saturated rings. The summed E-state index contributed by atoms with van der Waals surface area (Å²) in [5, 5.41) is 7.04. The van der Waals surface area contributed by atoms with E-state index in [2.05, 4.69) is 44.4 Å². The predicted molar refractivity (Wildman–Crippen MR) is 111 cm³/mol. The van der Waals surface area contributed by atoms with E-state index >= 15 is 0 Å². The van der Waals surface area contributed by atoms with Crippen molar-refractivity contribution in [3.05, 3.63) is 29.8 Å². The van der Waals surface area contributed by atoms with E-state index in [1.807, 2.05) is 19.2 Å². The molecule has 4 rings (SSSR count). The van der Waals surface area contributed by atoms with E-state index in [-0.39, 0.29) is 11.6 Å². The van der Waals surface area contributed by atoms with Crippen LogP contribution in [0.25, 0.3) is 0 Å². The zero-order valence-electron chi connectivity index (χ0n) is 16.1. The van der Waals surface area contributed by atoms with Crippen molar-refractivity contribution < 1.29 is 9.47 Å². The Bertz CT molecular complexity index is 632. The van der Waals surface area contributed by atoms with Crippen LogP contribution in [0.2, 0.25) is 0 Å². The molecule has 2 saturated heterocycles. The molecule has 0 amide bonds. The van der Waals surface area contributed by atoms with Crippen LogP contribution < -0.4 is 15.4 Å². The van der Waals surface area contributed by atoms with Crippen molar-refractivity contribution in [2.24, 2.45) is 4.99 Å². The second kappa shape index (κ2) is 8.71. The summed E-state index contributed by atoms with van der Waals surface area (Å²) in [6, 6.07) is 8.29. The van der Waals surface area contributed by atoms with E-state index in [0.717, 1.165) is 57.5 Å². The maximum absolute atomic E-state index is 6.02. The van der Waals surface area contributed by atoms with Crippen LogP contribution in [0.4, 0.5) is 0 Å². The lowest BCUT2D eigenvalue weighted by atomic mass is 9.95. The molecule has 0 saturated carbocycles. The molecule has 0 aliphatic carbocycles.